The van der Waals surface area contributed by atoms with E-state index in [1.807, 2.05) is 0 Å². The maximum Gasteiger partial charge on any atom is 0.130 e. The summed E-state index contributed by atoms with van der Waals surface area (Å²) >= 11 is 0. The molecule has 0 bridgehead atoms. The molecule has 1 atom stereocenters. The Hall–Kier alpha value is -1.07. The van der Waals surface area contributed by atoms with Gasteiger partial charge in [0, 0.05) is 38.3 Å². The van der Waals surface area contributed by atoms with E-state index < -0.39 is 0 Å². The number of hydrogen-bond donors (Lipinski definition) is 1. The maximum atomic E-state index is 5.78. The van der Waals surface area contributed by atoms with Gasteiger partial charge in [-0.2, -0.15) is 5.10 Å². The van der Waals surface area contributed by atoms with Crippen molar-refractivity contribution in [1.29, 1.82) is 0 Å². The third kappa shape index (κ3) is 2.44. The van der Waals surface area contributed by atoms with Crippen LogP contribution in [0, 0.1) is 6.92 Å². The standard InChI is InChI=1S/C15H27N5/c1-12-14(6-7-16)15(18(2)17-12)20-10-9-19-8-4-3-5-13(19)11-20/h13H,3-11,16H2,1-2H3. The largest absolute Gasteiger partial charge is 0.354 e. The molecular weight excluding hydrogens is 250 g/mol. The number of aryl methyl sites for hydroxylation is 2. The van der Waals surface area contributed by atoms with Crippen LogP contribution in [0.15, 0.2) is 0 Å². The van der Waals surface area contributed by atoms with Crippen molar-refractivity contribution in [3.8, 4) is 0 Å². The summed E-state index contributed by atoms with van der Waals surface area (Å²) in [5.74, 6) is 1.30. The predicted molar refractivity (Wildman–Crippen MR) is 82.1 cm³/mol. The van der Waals surface area contributed by atoms with Crippen molar-refractivity contribution >= 4 is 5.82 Å². The summed E-state index contributed by atoms with van der Waals surface area (Å²) in [5, 5.41) is 4.61. The minimum atomic E-state index is 0.697. The van der Waals surface area contributed by atoms with Crippen molar-refractivity contribution in [2.45, 2.75) is 38.6 Å². The highest BCUT2D eigenvalue weighted by molar-refractivity contribution is 5.51. The second-order valence-electron chi connectivity index (χ2n) is 6.18. The lowest BCUT2D eigenvalue weighted by Crippen LogP contribution is -2.55. The van der Waals surface area contributed by atoms with E-state index in [-0.39, 0.29) is 0 Å². The van der Waals surface area contributed by atoms with Crippen molar-refractivity contribution in [2.75, 3.05) is 37.6 Å². The van der Waals surface area contributed by atoms with Crippen LogP contribution in [-0.2, 0) is 13.5 Å². The molecule has 1 unspecified atom stereocenters. The average Bonchev–Trinajstić information content (AvgIpc) is 2.73. The van der Waals surface area contributed by atoms with E-state index in [1.54, 1.807) is 0 Å². The van der Waals surface area contributed by atoms with Crippen molar-refractivity contribution in [1.82, 2.24) is 14.7 Å². The molecule has 0 saturated carbocycles. The summed E-state index contributed by atoms with van der Waals surface area (Å²) in [5.41, 5.74) is 8.26. The Kier molecular flexibility index (Phi) is 3.98. The fraction of sp³-hybridized carbons (Fsp3) is 0.800. The van der Waals surface area contributed by atoms with Gasteiger partial charge in [0.2, 0.25) is 0 Å². The summed E-state index contributed by atoms with van der Waals surface area (Å²) in [7, 11) is 2.07. The third-order valence-electron chi connectivity index (χ3n) is 4.84. The smallest absolute Gasteiger partial charge is 0.130 e. The molecule has 0 amide bonds. The molecule has 1 aromatic heterocycles. The second kappa shape index (κ2) is 5.74. The Bertz CT molecular complexity index is 467. The molecule has 112 valence electrons. The second-order valence-corrected chi connectivity index (χ2v) is 6.18. The first-order chi connectivity index (χ1) is 9.70. The van der Waals surface area contributed by atoms with Crippen LogP contribution >= 0.6 is 0 Å². The Morgan fingerprint density at radius 2 is 2.10 bits per heavy atom. The minimum absolute atomic E-state index is 0.697. The normalized spacial score (nSPS) is 23.9. The van der Waals surface area contributed by atoms with Gasteiger partial charge >= 0.3 is 0 Å². The fourth-order valence-electron chi connectivity index (χ4n) is 3.87. The average molecular weight is 277 g/mol. The molecule has 0 aromatic carbocycles. The topological polar surface area (TPSA) is 50.3 Å². The van der Waals surface area contributed by atoms with Crippen LogP contribution in [0.2, 0.25) is 0 Å². The zero-order valence-corrected chi connectivity index (χ0v) is 12.8. The molecule has 3 rings (SSSR count). The lowest BCUT2D eigenvalue weighted by atomic mass is 9.99. The highest BCUT2D eigenvalue weighted by atomic mass is 15.4. The van der Waals surface area contributed by atoms with E-state index in [0.29, 0.717) is 6.54 Å². The van der Waals surface area contributed by atoms with Crippen molar-refractivity contribution < 1.29 is 0 Å². The first-order valence-corrected chi connectivity index (χ1v) is 7.92. The van der Waals surface area contributed by atoms with Crippen molar-refractivity contribution in [2.24, 2.45) is 12.8 Å². The number of nitrogens with two attached hydrogens (primary N) is 1. The molecule has 2 aliphatic heterocycles. The molecule has 5 heteroatoms. The molecule has 0 aliphatic carbocycles. The quantitative estimate of drug-likeness (QED) is 0.892. The third-order valence-corrected chi connectivity index (χ3v) is 4.84. The number of fused-ring (bicyclic) bond motifs is 1. The van der Waals surface area contributed by atoms with Gasteiger partial charge in [-0.1, -0.05) is 6.42 Å². The molecule has 1 aromatic rings. The molecule has 0 radical (unpaired) electrons. The van der Waals surface area contributed by atoms with Gasteiger partial charge in [0.15, 0.2) is 0 Å². The number of aromatic nitrogens is 2. The van der Waals surface area contributed by atoms with Gasteiger partial charge in [0.1, 0.15) is 5.82 Å². The van der Waals surface area contributed by atoms with Gasteiger partial charge in [0.05, 0.1) is 5.69 Å². The molecule has 2 saturated heterocycles. The van der Waals surface area contributed by atoms with Crippen molar-refractivity contribution in [3.05, 3.63) is 11.3 Å². The van der Waals surface area contributed by atoms with Gasteiger partial charge in [0.25, 0.3) is 0 Å². The van der Waals surface area contributed by atoms with E-state index in [0.717, 1.165) is 31.2 Å². The Labute approximate surface area is 121 Å². The van der Waals surface area contributed by atoms with Gasteiger partial charge in [-0.15, -0.1) is 0 Å². The molecule has 5 nitrogen and oxygen atoms in total. The zero-order valence-electron chi connectivity index (χ0n) is 12.8. The van der Waals surface area contributed by atoms with Crippen LogP contribution in [0.4, 0.5) is 5.82 Å². The summed E-state index contributed by atoms with van der Waals surface area (Å²) in [6.07, 6.45) is 5.04. The Balaban J connectivity index is 1.82. The number of rotatable bonds is 3. The van der Waals surface area contributed by atoms with Gasteiger partial charge in [-0.25, -0.2) is 0 Å². The van der Waals surface area contributed by atoms with Crippen LogP contribution in [0.25, 0.3) is 0 Å². The van der Waals surface area contributed by atoms with Crippen LogP contribution in [0.3, 0.4) is 0 Å². The SMILES string of the molecule is Cc1nn(C)c(N2CCN3CCCCC3C2)c1CCN. The molecule has 0 spiro atoms. The monoisotopic (exact) mass is 277 g/mol. The number of anilines is 1. The summed E-state index contributed by atoms with van der Waals surface area (Å²) in [6.45, 7) is 7.55. The van der Waals surface area contributed by atoms with E-state index in [1.165, 1.54) is 43.7 Å². The molecule has 2 aliphatic rings. The van der Waals surface area contributed by atoms with Gasteiger partial charge in [-0.3, -0.25) is 9.58 Å². The maximum absolute atomic E-state index is 5.78. The first kappa shape index (κ1) is 13.9. The molecular formula is C15H27N5. The fourth-order valence-corrected chi connectivity index (χ4v) is 3.87. The molecule has 2 N–H and O–H groups in total. The summed E-state index contributed by atoms with van der Waals surface area (Å²) in [6, 6.07) is 0.735. The van der Waals surface area contributed by atoms with E-state index in [2.05, 4.69) is 33.6 Å². The van der Waals surface area contributed by atoms with Crippen molar-refractivity contribution in [3.63, 3.8) is 0 Å². The van der Waals surface area contributed by atoms with Crippen LogP contribution in [0.5, 0.6) is 0 Å². The number of piperidine rings is 1. The number of nitrogens with zero attached hydrogens (tertiary/aromatic N) is 4. The van der Waals surface area contributed by atoms with Crippen LogP contribution in [0.1, 0.15) is 30.5 Å². The molecule has 2 fully saturated rings. The van der Waals surface area contributed by atoms with Gasteiger partial charge < -0.3 is 10.6 Å². The predicted octanol–water partition coefficient (Wildman–Crippen LogP) is 0.904. The lowest BCUT2D eigenvalue weighted by molar-refractivity contribution is 0.132. The minimum Gasteiger partial charge on any atom is -0.354 e. The van der Waals surface area contributed by atoms with E-state index >= 15 is 0 Å². The Morgan fingerprint density at radius 1 is 1.25 bits per heavy atom. The summed E-state index contributed by atoms with van der Waals surface area (Å²) < 4.78 is 2.05. The lowest BCUT2D eigenvalue weighted by Gasteiger charge is -2.45. The molecule has 3 heterocycles. The molecule has 20 heavy (non-hydrogen) atoms. The number of piperazine rings is 1. The summed E-state index contributed by atoms with van der Waals surface area (Å²) in [4.78, 5) is 5.21. The number of hydrogen-bond acceptors (Lipinski definition) is 4. The van der Waals surface area contributed by atoms with Gasteiger partial charge in [-0.05, 0) is 39.3 Å². The van der Waals surface area contributed by atoms with Crippen LogP contribution in [-0.4, -0.2) is 53.4 Å². The zero-order chi connectivity index (χ0) is 14.1. The highest BCUT2D eigenvalue weighted by Gasteiger charge is 2.31. The van der Waals surface area contributed by atoms with E-state index in [4.69, 9.17) is 5.73 Å². The first-order valence-electron chi connectivity index (χ1n) is 7.92. The van der Waals surface area contributed by atoms with Crippen LogP contribution < -0.4 is 10.6 Å². The Morgan fingerprint density at radius 3 is 2.90 bits per heavy atom. The highest BCUT2D eigenvalue weighted by Crippen LogP contribution is 2.28. The van der Waals surface area contributed by atoms with E-state index in [9.17, 15) is 0 Å².